The Hall–Kier alpha value is -2.77. The van der Waals surface area contributed by atoms with E-state index in [0.29, 0.717) is 12.4 Å². The number of hydrogen-bond donors (Lipinski definition) is 0. The lowest BCUT2D eigenvalue weighted by atomic mass is 10.2. The largest absolute Gasteiger partial charge is 0.465 e. The molecule has 0 atom stereocenters. The molecular formula is C21H17N3O2S2. The molecule has 0 fully saturated rings. The molecule has 4 rings (SSSR count). The Kier molecular flexibility index (Phi) is 5.64. The van der Waals surface area contributed by atoms with Gasteiger partial charge in [0.15, 0.2) is 5.82 Å². The number of rotatable bonds is 6. The highest BCUT2D eigenvalue weighted by atomic mass is 32.2. The van der Waals surface area contributed by atoms with E-state index >= 15 is 0 Å². The van der Waals surface area contributed by atoms with Crippen molar-refractivity contribution in [1.82, 2.24) is 15.0 Å². The van der Waals surface area contributed by atoms with Crippen molar-refractivity contribution >= 4 is 39.3 Å². The highest BCUT2D eigenvalue weighted by Crippen LogP contribution is 2.37. The van der Waals surface area contributed by atoms with Gasteiger partial charge in [0.1, 0.15) is 9.86 Å². The Morgan fingerprint density at radius 2 is 1.93 bits per heavy atom. The fraction of sp³-hybridized carbons (Fsp3) is 0.143. The van der Waals surface area contributed by atoms with Gasteiger partial charge in [0.05, 0.1) is 12.4 Å². The lowest BCUT2D eigenvalue weighted by Crippen LogP contribution is -2.07. The Bertz CT molecular complexity index is 1100. The zero-order valence-corrected chi connectivity index (χ0v) is 16.8. The molecule has 0 amide bonds. The first kappa shape index (κ1) is 18.6. The van der Waals surface area contributed by atoms with Crippen molar-refractivity contribution in [3.8, 4) is 21.8 Å². The summed E-state index contributed by atoms with van der Waals surface area (Å²) < 4.78 is 5.05. The molecular weight excluding hydrogens is 390 g/mol. The average Bonchev–Trinajstić information content (AvgIpc) is 3.18. The predicted octanol–water partition coefficient (Wildman–Crippen LogP) is 5.08. The molecule has 140 valence electrons. The standard InChI is InChI=1S/C21H17N3O2S2/c1-2-26-18(25)13-27-20-16-11-17(14-7-4-3-5-8-14)28-21(16)24-19(23-20)15-9-6-10-22-12-15/h3-12H,2,13H2,1H3. The number of fused-ring (bicyclic) bond motifs is 1. The molecule has 3 heterocycles. The van der Waals surface area contributed by atoms with Crippen molar-refractivity contribution in [2.75, 3.05) is 12.4 Å². The zero-order chi connectivity index (χ0) is 19.3. The molecule has 1 aromatic carbocycles. The number of thiophene rings is 1. The smallest absolute Gasteiger partial charge is 0.316 e. The maximum absolute atomic E-state index is 11.8. The normalized spacial score (nSPS) is 10.9. The zero-order valence-electron chi connectivity index (χ0n) is 15.2. The topological polar surface area (TPSA) is 65.0 Å². The fourth-order valence-electron chi connectivity index (χ4n) is 2.70. The minimum absolute atomic E-state index is 0.211. The van der Waals surface area contributed by atoms with E-state index in [2.05, 4.69) is 23.2 Å². The van der Waals surface area contributed by atoms with Gasteiger partial charge in [0.25, 0.3) is 0 Å². The fourth-order valence-corrected chi connectivity index (χ4v) is 4.61. The summed E-state index contributed by atoms with van der Waals surface area (Å²) in [6, 6.07) is 16.1. The average molecular weight is 408 g/mol. The van der Waals surface area contributed by atoms with Crippen LogP contribution in [0.4, 0.5) is 0 Å². The molecule has 0 aliphatic carbocycles. The van der Waals surface area contributed by atoms with Gasteiger partial charge in [0.2, 0.25) is 0 Å². The number of carbonyl (C=O) groups excluding carboxylic acids is 1. The summed E-state index contributed by atoms with van der Waals surface area (Å²) in [5.41, 5.74) is 1.98. The van der Waals surface area contributed by atoms with Crippen molar-refractivity contribution in [2.45, 2.75) is 11.9 Å². The Morgan fingerprint density at radius 1 is 1.11 bits per heavy atom. The Labute approximate surface area is 170 Å². The van der Waals surface area contributed by atoms with Gasteiger partial charge in [-0.2, -0.15) is 0 Å². The third-order valence-electron chi connectivity index (χ3n) is 3.97. The maximum Gasteiger partial charge on any atom is 0.316 e. The molecule has 28 heavy (non-hydrogen) atoms. The summed E-state index contributed by atoms with van der Waals surface area (Å²) in [6.07, 6.45) is 3.46. The van der Waals surface area contributed by atoms with Gasteiger partial charge >= 0.3 is 5.97 Å². The molecule has 7 heteroatoms. The third kappa shape index (κ3) is 4.05. The molecule has 0 radical (unpaired) electrons. The summed E-state index contributed by atoms with van der Waals surface area (Å²) in [5.74, 6) is 0.567. The van der Waals surface area contributed by atoms with Crippen LogP contribution in [-0.4, -0.2) is 33.3 Å². The van der Waals surface area contributed by atoms with E-state index in [1.165, 1.54) is 11.8 Å². The van der Waals surface area contributed by atoms with Gasteiger partial charge in [-0.1, -0.05) is 42.1 Å². The van der Waals surface area contributed by atoms with Crippen molar-refractivity contribution in [3.05, 3.63) is 60.9 Å². The van der Waals surface area contributed by atoms with Gasteiger partial charge < -0.3 is 4.74 Å². The van der Waals surface area contributed by atoms with E-state index in [9.17, 15) is 4.79 Å². The molecule has 0 aliphatic heterocycles. The van der Waals surface area contributed by atoms with Crippen LogP contribution in [-0.2, 0) is 9.53 Å². The minimum Gasteiger partial charge on any atom is -0.465 e. The van der Waals surface area contributed by atoms with Crippen LogP contribution in [0.5, 0.6) is 0 Å². The number of esters is 1. The van der Waals surface area contributed by atoms with Crippen LogP contribution >= 0.6 is 23.1 Å². The van der Waals surface area contributed by atoms with Gasteiger partial charge in [0, 0.05) is 28.2 Å². The molecule has 0 spiro atoms. The summed E-state index contributed by atoms with van der Waals surface area (Å²) in [4.78, 5) is 27.5. The highest BCUT2D eigenvalue weighted by molar-refractivity contribution is 8.00. The number of thioether (sulfide) groups is 1. The second kappa shape index (κ2) is 8.50. The first-order valence-electron chi connectivity index (χ1n) is 8.80. The highest BCUT2D eigenvalue weighted by Gasteiger charge is 2.16. The van der Waals surface area contributed by atoms with Gasteiger partial charge in [-0.3, -0.25) is 9.78 Å². The van der Waals surface area contributed by atoms with E-state index in [1.54, 1.807) is 30.7 Å². The lowest BCUT2D eigenvalue weighted by Gasteiger charge is -2.06. The van der Waals surface area contributed by atoms with E-state index in [0.717, 1.165) is 31.2 Å². The molecule has 0 saturated carbocycles. The summed E-state index contributed by atoms with van der Waals surface area (Å²) in [7, 11) is 0. The van der Waals surface area contributed by atoms with Crippen LogP contribution in [0.3, 0.4) is 0 Å². The predicted molar refractivity (Wildman–Crippen MR) is 113 cm³/mol. The molecule has 0 saturated heterocycles. The number of aromatic nitrogens is 3. The van der Waals surface area contributed by atoms with Crippen molar-refractivity contribution < 1.29 is 9.53 Å². The van der Waals surface area contributed by atoms with Crippen LogP contribution in [0, 0.1) is 0 Å². The van der Waals surface area contributed by atoms with Gasteiger partial charge in [-0.05, 0) is 30.7 Å². The number of hydrogen-bond acceptors (Lipinski definition) is 7. The monoisotopic (exact) mass is 407 g/mol. The summed E-state index contributed by atoms with van der Waals surface area (Å²) in [5, 5.41) is 1.72. The first-order valence-corrected chi connectivity index (χ1v) is 10.6. The quantitative estimate of drug-likeness (QED) is 0.252. The van der Waals surface area contributed by atoms with E-state index < -0.39 is 0 Å². The molecule has 0 aliphatic rings. The Balaban J connectivity index is 1.78. The molecule has 4 aromatic rings. The van der Waals surface area contributed by atoms with Crippen LogP contribution in [0.1, 0.15) is 6.92 Å². The van der Waals surface area contributed by atoms with E-state index in [1.807, 2.05) is 30.3 Å². The van der Waals surface area contributed by atoms with Crippen LogP contribution in [0.15, 0.2) is 66.0 Å². The molecule has 0 unspecified atom stereocenters. The minimum atomic E-state index is -0.249. The maximum atomic E-state index is 11.8. The van der Waals surface area contributed by atoms with Gasteiger partial charge in [-0.25, -0.2) is 9.97 Å². The van der Waals surface area contributed by atoms with Crippen molar-refractivity contribution in [2.24, 2.45) is 0 Å². The van der Waals surface area contributed by atoms with Gasteiger partial charge in [-0.15, -0.1) is 11.3 Å². The number of carbonyl (C=O) groups is 1. The van der Waals surface area contributed by atoms with Crippen LogP contribution in [0.2, 0.25) is 0 Å². The SMILES string of the molecule is CCOC(=O)CSc1nc(-c2cccnc2)nc2sc(-c3ccccc3)cc12. The second-order valence-electron chi connectivity index (χ2n) is 5.88. The lowest BCUT2D eigenvalue weighted by molar-refractivity contribution is -0.139. The number of pyridine rings is 1. The van der Waals surface area contributed by atoms with Crippen LogP contribution < -0.4 is 0 Å². The molecule has 0 N–H and O–H groups in total. The third-order valence-corrected chi connectivity index (χ3v) is 6.01. The Morgan fingerprint density at radius 3 is 2.68 bits per heavy atom. The first-order chi connectivity index (χ1) is 13.7. The molecule has 3 aromatic heterocycles. The molecule has 0 bridgehead atoms. The van der Waals surface area contributed by atoms with Crippen LogP contribution in [0.25, 0.3) is 32.0 Å². The summed E-state index contributed by atoms with van der Waals surface area (Å²) >= 11 is 2.99. The number of nitrogens with zero attached hydrogens (tertiary/aromatic N) is 3. The van der Waals surface area contributed by atoms with Crippen molar-refractivity contribution in [3.63, 3.8) is 0 Å². The van der Waals surface area contributed by atoms with E-state index in [-0.39, 0.29) is 11.7 Å². The second-order valence-corrected chi connectivity index (χ2v) is 7.88. The number of ether oxygens (including phenoxy) is 1. The molecule has 5 nitrogen and oxygen atoms in total. The summed E-state index contributed by atoms with van der Waals surface area (Å²) in [6.45, 7) is 2.17. The van der Waals surface area contributed by atoms with Crippen molar-refractivity contribution in [1.29, 1.82) is 0 Å². The van der Waals surface area contributed by atoms with E-state index in [4.69, 9.17) is 14.7 Å². The number of benzene rings is 1.